The number of hydrogen-bond acceptors (Lipinski definition) is 1. The molecule has 0 saturated carbocycles. The Bertz CT molecular complexity index is 389. The molecule has 0 saturated heterocycles. The van der Waals surface area contributed by atoms with Crippen LogP contribution in [0.2, 0.25) is 0 Å². The molecule has 0 N–H and O–H groups in total. The number of benzene rings is 1. The molecule has 0 heterocycles. The fourth-order valence-electron chi connectivity index (χ4n) is 1.59. The van der Waals surface area contributed by atoms with Gasteiger partial charge in [-0.15, -0.1) is 0 Å². The fraction of sp³-hybridized carbons (Fsp3) is 0.462. The molecule has 0 aromatic heterocycles. The summed E-state index contributed by atoms with van der Waals surface area (Å²) in [4.78, 5) is 12.2. The van der Waals surface area contributed by atoms with Crippen molar-refractivity contribution in [3.8, 4) is 0 Å². The monoisotopic (exact) mass is 259 g/mol. The van der Waals surface area contributed by atoms with Crippen LogP contribution in [0.5, 0.6) is 0 Å². The first-order valence-electron chi connectivity index (χ1n) is 5.78. The molecule has 100 valence electrons. The molecule has 1 aromatic rings. The molecule has 0 fully saturated rings. The van der Waals surface area contributed by atoms with Crippen molar-refractivity contribution < 1.29 is 18.0 Å². The first kappa shape index (κ1) is 14.5. The van der Waals surface area contributed by atoms with Crippen LogP contribution in [0.25, 0.3) is 0 Å². The highest BCUT2D eigenvalue weighted by Crippen LogP contribution is 2.22. The molecule has 0 bridgehead atoms. The molecule has 1 amide bonds. The van der Waals surface area contributed by atoms with Crippen molar-refractivity contribution >= 4 is 5.91 Å². The molecule has 1 aromatic carbocycles. The number of amides is 1. The van der Waals surface area contributed by atoms with Crippen LogP contribution in [-0.2, 0) is 11.3 Å². The smallest absolute Gasteiger partial charge is 0.328 e. The predicted molar refractivity (Wildman–Crippen MR) is 62.8 cm³/mol. The first-order valence-corrected chi connectivity index (χ1v) is 5.78. The van der Waals surface area contributed by atoms with Crippen LogP contribution in [0.4, 0.5) is 13.2 Å². The Hall–Kier alpha value is -1.52. The second-order valence-corrected chi connectivity index (χ2v) is 4.17. The molecule has 0 spiro atoms. The van der Waals surface area contributed by atoms with Gasteiger partial charge in [0.15, 0.2) is 0 Å². The molecule has 2 nitrogen and oxygen atoms in total. The Morgan fingerprint density at radius 2 is 1.83 bits per heavy atom. The van der Waals surface area contributed by atoms with Gasteiger partial charge in [-0.25, -0.2) is 0 Å². The maximum atomic E-state index is 12.5. The van der Waals surface area contributed by atoms with Gasteiger partial charge in [-0.05, 0) is 18.9 Å². The molecule has 1 unspecified atom stereocenters. The Balaban J connectivity index is 2.90. The van der Waals surface area contributed by atoms with E-state index in [0.717, 1.165) is 4.90 Å². The minimum atomic E-state index is -4.82. The summed E-state index contributed by atoms with van der Waals surface area (Å²) in [5.74, 6) is -1.78. The van der Waals surface area contributed by atoms with Crippen molar-refractivity contribution in [2.45, 2.75) is 39.0 Å². The van der Waals surface area contributed by atoms with Gasteiger partial charge in [0.2, 0.25) is 0 Å². The number of rotatable bonds is 4. The van der Waals surface area contributed by atoms with Crippen molar-refractivity contribution in [1.82, 2.24) is 4.90 Å². The highest BCUT2D eigenvalue weighted by Gasteiger charge is 2.43. The molecular formula is C13H16F3NO. The fourth-order valence-corrected chi connectivity index (χ4v) is 1.59. The van der Waals surface area contributed by atoms with Crippen LogP contribution >= 0.6 is 0 Å². The number of nitrogens with zero attached hydrogens (tertiary/aromatic N) is 1. The van der Waals surface area contributed by atoms with Gasteiger partial charge in [-0.3, -0.25) is 4.79 Å². The van der Waals surface area contributed by atoms with E-state index in [1.165, 1.54) is 0 Å². The minimum absolute atomic E-state index is 0.0197. The van der Waals surface area contributed by atoms with Gasteiger partial charge in [0, 0.05) is 12.6 Å². The maximum absolute atomic E-state index is 12.5. The lowest BCUT2D eigenvalue weighted by Crippen LogP contribution is -2.45. The zero-order valence-electron chi connectivity index (χ0n) is 10.4. The standard InChI is InChI=1S/C13H16F3NO/c1-3-10(2)17(12(18)13(14,15)16)9-11-7-5-4-6-8-11/h4-8,10H,3,9H2,1-2H3. The van der Waals surface area contributed by atoms with E-state index in [1.54, 1.807) is 44.2 Å². The highest BCUT2D eigenvalue weighted by atomic mass is 19.4. The molecule has 0 aliphatic carbocycles. The minimum Gasteiger partial charge on any atom is -0.328 e. The van der Waals surface area contributed by atoms with Gasteiger partial charge in [0.1, 0.15) is 0 Å². The number of hydrogen-bond donors (Lipinski definition) is 0. The van der Waals surface area contributed by atoms with Gasteiger partial charge in [0.05, 0.1) is 0 Å². The summed E-state index contributed by atoms with van der Waals surface area (Å²) in [5.41, 5.74) is 0.690. The molecular weight excluding hydrogens is 243 g/mol. The Morgan fingerprint density at radius 3 is 2.28 bits per heavy atom. The van der Waals surface area contributed by atoms with E-state index in [2.05, 4.69) is 0 Å². The maximum Gasteiger partial charge on any atom is 0.471 e. The van der Waals surface area contributed by atoms with Gasteiger partial charge < -0.3 is 4.90 Å². The van der Waals surface area contributed by atoms with Crippen LogP contribution in [-0.4, -0.2) is 23.0 Å². The largest absolute Gasteiger partial charge is 0.471 e. The van der Waals surface area contributed by atoms with E-state index in [9.17, 15) is 18.0 Å². The van der Waals surface area contributed by atoms with Gasteiger partial charge >= 0.3 is 12.1 Å². The average Bonchev–Trinajstić information content (AvgIpc) is 2.34. The SMILES string of the molecule is CCC(C)N(Cc1ccccc1)C(=O)C(F)(F)F. The molecule has 18 heavy (non-hydrogen) atoms. The van der Waals surface area contributed by atoms with Crippen molar-refractivity contribution in [1.29, 1.82) is 0 Å². The number of carbonyl (C=O) groups excluding carboxylic acids is 1. The molecule has 0 radical (unpaired) electrons. The van der Waals surface area contributed by atoms with E-state index in [0.29, 0.717) is 12.0 Å². The average molecular weight is 259 g/mol. The molecule has 0 aliphatic heterocycles. The second-order valence-electron chi connectivity index (χ2n) is 4.17. The van der Waals surface area contributed by atoms with Crippen LogP contribution in [0.3, 0.4) is 0 Å². The number of halogens is 3. The van der Waals surface area contributed by atoms with Crippen molar-refractivity contribution in [3.63, 3.8) is 0 Å². The van der Waals surface area contributed by atoms with Crippen LogP contribution in [0.15, 0.2) is 30.3 Å². The summed E-state index contributed by atoms with van der Waals surface area (Å²) in [7, 11) is 0. The van der Waals surface area contributed by atoms with Crippen LogP contribution in [0.1, 0.15) is 25.8 Å². The summed E-state index contributed by atoms with van der Waals surface area (Å²) < 4.78 is 37.5. The lowest BCUT2D eigenvalue weighted by Gasteiger charge is -2.29. The highest BCUT2D eigenvalue weighted by molar-refractivity contribution is 5.82. The lowest BCUT2D eigenvalue weighted by molar-refractivity contribution is -0.188. The lowest BCUT2D eigenvalue weighted by atomic mass is 10.1. The van der Waals surface area contributed by atoms with Crippen LogP contribution in [0, 0.1) is 0 Å². The van der Waals surface area contributed by atoms with Crippen molar-refractivity contribution in [2.24, 2.45) is 0 Å². The first-order chi connectivity index (χ1) is 8.36. The van der Waals surface area contributed by atoms with E-state index >= 15 is 0 Å². The Labute approximate surface area is 104 Å². The quantitative estimate of drug-likeness (QED) is 0.811. The number of alkyl halides is 3. The summed E-state index contributed by atoms with van der Waals surface area (Å²) in [6.07, 6.45) is -4.34. The molecule has 0 aliphatic rings. The van der Waals surface area contributed by atoms with E-state index in [-0.39, 0.29) is 6.54 Å². The molecule has 1 atom stereocenters. The summed E-state index contributed by atoms with van der Waals surface area (Å²) in [5, 5.41) is 0. The van der Waals surface area contributed by atoms with E-state index < -0.39 is 18.1 Å². The third kappa shape index (κ3) is 3.75. The summed E-state index contributed by atoms with van der Waals surface area (Å²) in [6, 6.07) is 8.23. The zero-order valence-corrected chi connectivity index (χ0v) is 10.4. The zero-order chi connectivity index (χ0) is 13.8. The normalized spacial score (nSPS) is 13.2. The third-order valence-corrected chi connectivity index (χ3v) is 2.82. The topological polar surface area (TPSA) is 20.3 Å². The summed E-state index contributed by atoms with van der Waals surface area (Å²) >= 11 is 0. The van der Waals surface area contributed by atoms with E-state index in [4.69, 9.17) is 0 Å². The molecule has 5 heteroatoms. The molecule has 1 rings (SSSR count). The van der Waals surface area contributed by atoms with Gasteiger partial charge in [0.25, 0.3) is 0 Å². The predicted octanol–water partition coefficient (Wildman–Crippen LogP) is 3.38. The van der Waals surface area contributed by atoms with Crippen molar-refractivity contribution in [3.05, 3.63) is 35.9 Å². The second kappa shape index (κ2) is 5.89. The third-order valence-electron chi connectivity index (χ3n) is 2.82. The van der Waals surface area contributed by atoms with Crippen LogP contribution < -0.4 is 0 Å². The van der Waals surface area contributed by atoms with Crippen molar-refractivity contribution in [2.75, 3.05) is 0 Å². The van der Waals surface area contributed by atoms with Gasteiger partial charge in [-0.2, -0.15) is 13.2 Å². The Morgan fingerprint density at radius 1 is 1.28 bits per heavy atom. The number of carbonyl (C=O) groups is 1. The van der Waals surface area contributed by atoms with E-state index in [1.807, 2.05) is 0 Å². The van der Waals surface area contributed by atoms with Gasteiger partial charge in [-0.1, -0.05) is 37.3 Å². The summed E-state index contributed by atoms with van der Waals surface area (Å²) in [6.45, 7) is 3.35. The Kier molecular flexibility index (Phi) is 4.76.